The molecule has 184 valence electrons. The van der Waals surface area contributed by atoms with E-state index in [0.717, 1.165) is 6.42 Å². The number of nitrogen functional groups attached to an aromatic ring is 1. The molecule has 2 fully saturated rings. The number of benzene rings is 1. The van der Waals surface area contributed by atoms with Gasteiger partial charge in [0.05, 0.1) is 18.0 Å². The standard InChI is InChI=1S/C24H21BrFN7O3/c1-36-16-8-12(26)7-13-20-22(27)28-10-29-23(20)32(21(13)16)9-19(34)33-14-5-11(14)6-15(33)24(35)31-18-4-2-3-17(25)30-18/h2-4,7-8,10-11,14-15H,5-6,9H2,1H3,(H2,27,28,29)(H,30,31,35)/t11-,14-,15+/m1/s1. The van der Waals surface area contributed by atoms with Crippen LogP contribution in [0, 0.1) is 11.7 Å². The summed E-state index contributed by atoms with van der Waals surface area (Å²) in [5.74, 6) is 0.0798. The molecule has 12 heteroatoms. The van der Waals surface area contributed by atoms with Crippen LogP contribution in [0.2, 0.25) is 0 Å². The van der Waals surface area contributed by atoms with E-state index in [0.29, 0.717) is 44.7 Å². The maximum Gasteiger partial charge on any atom is 0.248 e. The van der Waals surface area contributed by atoms with Crippen LogP contribution in [0.25, 0.3) is 21.9 Å². The highest BCUT2D eigenvalue weighted by molar-refractivity contribution is 9.10. The first-order valence-corrected chi connectivity index (χ1v) is 12.2. The number of hydrogen-bond donors (Lipinski definition) is 2. The second-order valence-corrected chi connectivity index (χ2v) is 9.81. The summed E-state index contributed by atoms with van der Waals surface area (Å²) in [6.45, 7) is -0.124. The summed E-state index contributed by atoms with van der Waals surface area (Å²) < 4.78 is 22.1. The topological polar surface area (TPSA) is 128 Å². The zero-order valence-electron chi connectivity index (χ0n) is 19.1. The van der Waals surface area contributed by atoms with Gasteiger partial charge in [-0.05, 0) is 52.9 Å². The molecule has 0 unspecified atom stereocenters. The van der Waals surface area contributed by atoms with E-state index in [9.17, 15) is 14.0 Å². The van der Waals surface area contributed by atoms with Gasteiger partial charge in [0.1, 0.15) is 52.4 Å². The molecule has 0 spiro atoms. The van der Waals surface area contributed by atoms with Crippen molar-refractivity contribution in [2.45, 2.75) is 31.5 Å². The lowest BCUT2D eigenvalue weighted by atomic mass is 10.1. The number of hydrogen-bond acceptors (Lipinski definition) is 7. The van der Waals surface area contributed by atoms with E-state index in [1.54, 1.807) is 27.7 Å². The van der Waals surface area contributed by atoms with Crippen molar-refractivity contribution < 1.29 is 18.7 Å². The Morgan fingerprint density at radius 3 is 2.89 bits per heavy atom. The molecule has 3 N–H and O–H groups in total. The summed E-state index contributed by atoms with van der Waals surface area (Å²) >= 11 is 3.30. The molecule has 1 aliphatic heterocycles. The lowest BCUT2D eigenvalue weighted by Crippen LogP contribution is -2.46. The molecule has 0 radical (unpaired) electrons. The van der Waals surface area contributed by atoms with Gasteiger partial charge in [0.2, 0.25) is 11.8 Å². The number of ether oxygens (including phenoxy) is 1. The number of halogens is 2. The van der Waals surface area contributed by atoms with Gasteiger partial charge < -0.3 is 25.3 Å². The molecule has 1 aliphatic carbocycles. The third kappa shape index (κ3) is 3.63. The lowest BCUT2D eigenvalue weighted by molar-refractivity contribution is -0.138. The number of carbonyl (C=O) groups is 2. The Balaban J connectivity index is 1.36. The van der Waals surface area contributed by atoms with Crippen molar-refractivity contribution in [3.05, 3.63) is 47.1 Å². The molecule has 2 amide bonds. The smallest absolute Gasteiger partial charge is 0.248 e. The Morgan fingerprint density at radius 2 is 2.11 bits per heavy atom. The van der Waals surface area contributed by atoms with E-state index in [4.69, 9.17) is 10.5 Å². The second kappa shape index (κ2) is 8.40. The SMILES string of the molecule is COc1cc(F)cc2c3c(N)ncnc3n(CC(=O)N3[C@@H]4C[C@@H]4C[C@H]3C(=O)Nc3cccc(Br)n3)c12. The van der Waals surface area contributed by atoms with Crippen molar-refractivity contribution in [3.8, 4) is 5.75 Å². The normalized spacial score (nSPS) is 20.5. The lowest BCUT2D eigenvalue weighted by Gasteiger charge is -2.27. The molecular weight excluding hydrogens is 533 g/mol. The minimum absolute atomic E-state index is 0.0100. The Hall–Kier alpha value is -3.80. The quantitative estimate of drug-likeness (QED) is 0.363. The molecule has 4 heterocycles. The van der Waals surface area contributed by atoms with Gasteiger partial charge in [-0.3, -0.25) is 9.59 Å². The first-order valence-electron chi connectivity index (χ1n) is 11.4. The zero-order chi connectivity index (χ0) is 25.1. The number of anilines is 2. The zero-order valence-corrected chi connectivity index (χ0v) is 20.7. The van der Waals surface area contributed by atoms with E-state index in [1.807, 2.05) is 0 Å². The van der Waals surface area contributed by atoms with Crippen molar-refractivity contribution in [3.63, 3.8) is 0 Å². The first kappa shape index (κ1) is 22.7. The van der Waals surface area contributed by atoms with Crippen molar-refractivity contribution in [2.75, 3.05) is 18.2 Å². The fraction of sp³-hybridized carbons (Fsp3) is 0.292. The maximum absolute atomic E-state index is 14.4. The number of aromatic nitrogens is 4. The third-order valence-electron chi connectivity index (χ3n) is 6.87. The maximum atomic E-state index is 14.4. The monoisotopic (exact) mass is 553 g/mol. The Labute approximate surface area is 212 Å². The predicted molar refractivity (Wildman–Crippen MR) is 134 cm³/mol. The van der Waals surface area contributed by atoms with Crippen molar-refractivity contribution >= 4 is 61.3 Å². The van der Waals surface area contributed by atoms with E-state index in [2.05, 4.69) is 36.2 Å². The number of nitrogens with two attached hydrogens (primary N) is 1. The average molecular weight is 554 g/mol. The number of amides is 2. The minimum Gasteiger partial charge on any atom is -0.494 e. The van der Waals surface area contributed by atoms with Crippen LogP contribution in [0.15, 0.2) is 41.3 Å². The molecule has 6 rings (SSSR count). The molecule has 4 aromatic rings. The van der Waals surface area contributed by atoms with Crippen LogP contribution in [-0.4, -0.2) is 55.4 Å². The summed E-state index contributed by atoms with van der Waals surface area (Å²) in [7, 11) is 1.43. The number of piperidine rings is 1. The molecule has 3 aromatic heterocycles. The fourth-order valence-corrected chi connectivity index (χ4v) is 5.61. The number of nitrogens with one attached hydrogen (secondary N) is 1. The molecule has 1 aromatic carbocycles. The van der Waals surface area contributed by atoms with Gasteiger partial charge in [-0.2, -0.15) is 0 Å². The first-order chi connectivity index (χ1) is 17.4. The summed E-state index contributed by atoms with van der Waals surface area (Å²) in [6, 6.07) is 7.20. The van der Waals surface area contributed by atoms with Gasteiger partial charge in [0.15, 0.2) is 0 Å². The number of nitrogens with zero attached hydrogens (tertiary/aromatic N) is 5. The third-order valence-corrected chi connectivity index (χ3v) is 7.31. The van der Waals surface area contributed by atoms with Gasteiger partial charge >= 0.3 is 0 Å². The summed E-state index contributed by atoms with van der Waals surface area (Å²) in [4.78, 5) is 41.2. The van der Waals surface area contributed by atoms with Crippen LogP contribution in [0.3, 0.4) is 0 Å². The van der Waals surface area contributed by atoms with Crippen molar-refractivity contribution in [1.29, 1.82) is 0 Å². The Morgan fingerprint density at radius 1 is 1.28 bits per heavy atom. The van der Waals surface area contributed by atoms with E-state index >= 15 is 0 Å². The Kier molecular flexibility index (Phi) is 5.29. The molecule has 1 saturated carbocycles. The molecule has 3 atom stereocenters. The molecular formula is C24H21BrFN7O3. The van der Waals surface area contributed by atoms with E-state index in [-0.39, 0.29) is 36.0 Å². The van der Waals surface area contributed by atoms with Gasteiger partial charge in [-0.1, -0.05) is 6.07 Å². The molecule has 10 nitrogen and oxygen atoms in total. The van der Waals surface area contributed by atoms with Crippen LogP contribution >= 0.6 is 15.9 Å². The number of fused-ring (bicyclic) bond motifs is 4. The summed E-state index contributed by atoms with van der Waals surface area (Å²) in [6.07, 6.45) is 2.75. The summed E-state index contributed by atoms with van der Waals surface area (Å²) in [5.41, 5.74) is 7.00. The highest BCUT2D eigenvalue weighted by atomic mass is 79.9. The summed E-state index contributed by atoms with van der Waals surface area (Å²) in [5, 5.41) is 3.72. The van der Waals surface area contributed by atoms with Gasteiger partial charge in [-0.15, -0.1) is 0 Å². The highest BCUT2D eigenvalue weighted by Crippen LogP contribution is 2.48. The highest BCUT2D eigenvalue weighted by Gasteiger charge is 2.56. The van der Waals surface area contributed by atoms with Gasteiger partial charge in [-0.25, -0.2) is 19.3 Å². The average Bonchev–Trinajstić information content (AvgIpc) is 3.39. The van der Waals surface area contributed by atoms with Crippen LogP contribution in [0.5, 0.6) is 5.75 Å². The van der Waals surface area contributed by atoms with E-state index in [1.165, 1.54) is 25.6 Å². The van der Waals surface area contributed by atoms with Crippen molar-refractivity contribution in [1.82, 2.24) is 24.4 Å². The van der Waals surface area contributed by atoms with Crippen molar-refractivity contribution in [2.24, 2.45) is 5.92 Å². The predicted octanol–water partition coefficient (Wildman–Crippen LogP) is 3.10. The van der Waals surface area contributed by atoms with E-state index < -0.39 is 11.9 Å². The number of carbonyl (C=O) groups excluding carboxylic acids is 2. The van der Waals surface area contributed by atoms with Crippen LogP contribution in [0.4, 0.5) is 16.0 Å². The number of pyridine rings is 1. The van der Waals surface area contributed by atoms with Crippen LogP contribution < -0.4 is 15.8 Å². The Bertz CT molecular complexity index is 1560. The van der Waals surface area contributed by atoms with Gasteiger partial charge in [0, 0.05) is 17.5 Å². The molecule has 1 saturated heterocycles. The number of rotatable bonds is 5. The largest absolute Gasteiger partial charge is 0.494 e. The molecule has 2 aliphatic rings. The van der Waals surface area contributed by atoms with Crippen LogP contribution in [-0.2, 0) is 16.1 Å². The fourth-order valence-electron chi connectivity index (χ4n) is 5.26. The minimum atomic E-state index is -0.617. The second-order valence-electron chi connectivity index (χ2n) is 9.00. The van der Waals surface area contributed by atoms with Crippen LogP contribution in [0.1, 0.15) is 12.8 Å². The molecule has 0 bridgehead atoms. The number of methoxy groups -OCH3 is 1. The number of likely N-dealkylation sites (tertiary alicyclic amines) is 1. The van der Waals surface area contributed by atoms with Gasteiger partial charge in [0.25, 0.3) is 0 Å². The molecule has 36 heavy (non-hydrogen) atoms.